The predicted octanol–water partition coefficient (Wildman–Crippen LogP) is 3.63. The minimum absolute atomic E-state index is 0.164. The van der Waals surface area contributed by atoms with E-state index in [0.717, 1.165) is 43.7 Å². The van der Waals surface area contributed by atoms with Gasteiger partial charge in [-0.25, -0.2) is 4.98 Å². The fourth-order valence-electron chi connectivity index (χ4n) is 3.22. The largest absolute Gasteiger partial charge is 0.349 e. The molecule has 1 aliphatic rings. The van der Waals surface area contributed by atoms with E-state index >= 15 is 0 Å². The first-order valence-electron chi connectivity index (χ1n) is 8.51. The van der Waals surface area contributed by atoms with Gasteiger partial charge < -0.3 is 9.88 Å². The number of H-pyrrole nitrogens is 1. The van der Waals surface area contributed by atoms with Crippen LogP contribution in [0.3, 0.4) is 0 Å². The number of carbonyl (C=O) groups excluding carboxylic acids is 1. The lowest BCUT2D eigenvalue weighted by Gasteiger charge is -2.31. The maximum Gasteiger partial charge on any atom is 0.253 e. The van der Waals surface area contributed by atoms with Crippen molar-refractivity contribution in [2.45, 2.75) is 39.0 Å². The van der Waals surface area contributed by atoms with Crippen LogP contribution < -0.4 is 0 Å². The van der Waals surface area contributed by atoms with Gasteiger partial charge in [-0.1, -0.05) is 26.0 Å². The van der Waals surface area contributed by atoms with Crippen LogP contribution in [0.2, 0.25) is 0 Å². The number of nitrogens with one attached hydrogen (secondary N) is 1. The van der Waals surface area contributed by atoms with Gasteiger partial charge in [-0.05, 0) is 42.4 Å². The molecule has 1 N–H and O–H groups in total. The fraction of sp³-hybridized carbons (Fsp3) is 0.474. The highest BCUT2D eigenvalue weighted by Gasteiger charge is 2.24. The van der Waals surface area contributed by atoms with E-state index in [0.29, 0.717) is 11.8 Å². The summed E-state index contributed by atoms with van der Waals surface area (Å²) in [6.07, 6.45) is 6.76. The Morgan fingerprint density at radius 1 is 1.26 bits per heavy atom. The lowest BCUT2D eigenvalue weighted by atomic mass is 9.93. The molecule has 1 amide bonds. The molecule has 2 aromatic rings. The minimum atomic E-state index is 0.164. The number of aromatic nitrogens is 2. The molecule has 4 heteroatoms. The second-order valence-corrected chi connectivity index (χ2v) is 6.75. The number of imidazole rings is 1. The molecular weight excluding hydrogens is 286 g/mol. The number of nitrogens with zero attached hydrogens (tertiary/aromatic N) is 2. The fourth-order valence-corrected chi connectivity index (χ4v) is 3.22. The molecule has 1 saturated heterocycles. The minimum Gasteiger partial charge on any atom is -0.349 e. The van der Waals surface area contributed by atoms with Gasteiger partial charge in [0.05, 0.1) is 0 Å². The average molecular weight is 311 g/mol. The quantitative estimate of drug-likeness (QED) is 0.937. The van der Waals surface area contributed by atoms with Crippen molar-refractivity contribution < 1.29 is 4.79 Å². The van der Waals surface area contributed by atoms with Gasteiger partial charge in [-0.2, -0.15) is 0 Å². The standard InChI is InChI=1S/C19H25N3O/c1-14(2)16-3-5-17(6-4-16)19(23)22-11-7-15(8-12-22)13-18-20-9-10-21-18/h3-6,9-10,14-15H,7-8,11-13H2,1-2H3,(H,20,21). The molecule has 0 unspecified atom stereocenters. The van der Waals surface area contributed by atoms with Gasteiger partial charge in [0, 0.05) is 37.5 Å². The SMILES string of the molecule is CC(C)c1ccc(C(=O)N2CCC(Cc3ncc[nH]3)CC2)cc1. The lowest BCUT2D eigenvalue weighted by Crippen LogP contribution is -2.39. The third kappa shape index (κ3) is 3.81. The predicted molar refractivity (Wildman–Crippen MR) is 91.5 cm³/mol. The molecule has 23 heavy (non-hydrogen) atoms. The number of aromatic amines is 1. The van der Waals surface area contributed by atoms with Crippen molar-refractivity contribution >= 4 is 5.91 Å². The van der Waals surface area contributed by atoms with Crippen molar-refractivity contribution in [2.75, 3.05) is 13.1 Å². The highest BCUT2D eigenvalue weighted by atomic mass is 16.2. The smallest absolute Gasteiger partial charge is 0.253 e. The molecule has 4 nitrogen and oxygen atoms in total. The van der Waals surface area contributed by atoms with Crippen molar-refractivity contribution in [3.63, 3.8) is 0 Å². The first-order valence-corrected chi connectivity index (χ1v) is 8.51. The summed E-state index contributed by atoms with van der Waals surface area (Å²) in [5.74, 6) is 2.33. The number of piperidine rings is 1. The number of likely N-dealkylation sites (tertiary alicyclic amines) is 1. The Morgan fingerprint density at radius 3 is 2.52 bits per heavy atom. The molecule has 0 bridgehead atoms. The van der Waals surface area contributed by atoms with Crippen molar-refractivity contribution in [1.82, 2.24) is 14.9 Å². The first-order chi connectivity index (χ1) is 11.1. The van der Waals surface area contributed by atoms with E-state index in [1.165, 1.54) is 5.56 Å². The third-order valence-electron chi connectivity index (χ3n) is 4.76. The third-order valence-corrected chi connectivity index (χ3v) is 4.76. The number of hydrogen-bond acceptors (Lipinski definition) is 2. The number of hydrogen-bond donors (Lipinski definition) is 1. The number of rotatable bonds is 4. The molecule has 0 radical (unpaired) electrons. The second kappa shape index (κ2) is 6.99. The zero-order valence-electron chi connectivity index (χ0n) is 14.0. The number of carbonyl (C=O) groups is 1. The Labute approximate surface area is 137 Å². The summed E-state index contributed by atoms with van der Waals surface area (Å²) in [6.45, 7) is 6.02. The van der Waals surface area contributed by atoms with Crippen LogP contribution in [-0.4, -0.2) is 33.9 Å². The van der Waals surface area contributed by atoms with Crippen molar-refractivity contribution in [3.8, 4) is 0 Å². The molecule has 1 aromatic heterocycles. The van der Waals surface area contributed by atoms with Gasteiger partial charge >= 0.3 is 0 Å². The molecule has 0 saturated carbocycles. The zero-order chi connectivity index (χ0) is 16.2. The number of benzene rings is 1. The van der Waals surface area contributed by atoms with E-state index in [-0.39, 0.29) is 5.91 Å². The van der Waals surface area contributed by atoms with E-state index in [2.05, 4.69) is 35.9 Å². The van der Waals surface area contributed by atoms with Gasteiger partial charge in [0.2, 0.25) is 0 Å². The highest BCUT2D eigenvalue weighted by Crippen LogP contribution is 2.22. The molecule has 1 fully saturated rings. The van der Waals surface area contributed by atoms with Gasteiger partial charge in [0.15, 0.2) is 0 Å². The van der Waals surface area contributed by atoms with Crippen LogP contribution >= 0.6 is 0 Å². The Balaban J connectivity index is 1.55. The topological polar surface area (TPSA) is 49.0 Å². The van der Waals surface area contributed by atoms with Crippen LogP contribution in [0.25, 0.3) is 0 Å². The summed E-state index contributed by atoms with van der Waals surface area (Å²) >= 11 is 0. The monoisotopic (exact) mass is 311 g/mol. The van der Waals surface area contributed by atoms with Gasteiger partial charge in [-0.15, -0.1) is 0 Å². The molecule has 0 aliphatic carbocycles. The van der Waals surface area contributed by atoms with E-state index in [9.17, 15) is 4.79 Å². The van der Waals surface area contributed by atoms with Crippen LogP contribution in [0.15, 0.2) is 36.7 Å². The maximum absolute atomic E-state index is 12.6. The number of amides is 1. The maximum atomic E-state index is 12.6. The van der Waals surface area contributed by atoms with Crippen LogP contribution in [0.4, 0.5) is 0 Å². The molecular formula is C19H25N3O. The highest BCUT2D eigenvalue weighted by molar-refractivity contribution is 5.94. The summed E-state index contributed by atoms with van der Waals surface area (Å²) in [5.41, 5.74) is 2.08. The Morgan fingerprint density at radius 2 is 1.96 bits per heavy atom. The van der Waals surface area contributed by atoms with Gasteiger partial charge in [-0.3, -0.25) is 4.79 Å². The summed E-state index contributed by atoms with van der Waals surface area (Å²) < 4.78 is 0. The second-order valence-electron chi connectivity index (χ2n) is 6.75. The molecule has 1 aliphatic heterocycles. The van der Waals surface area contributed by atoms with Crippen LogP contribution in [0.5, 0.6) is 0 Å². The Kier molecular flexibility index (Phi) is 4.79. The molecule has 3 rings (SSSR count). The molecule has 0 atom stereocenters. The van der Waals surface area contributed by atoms with E-state index in [1.807, 2.05) is 23.2 Å². The molecule has 2 heterocycles. The summed E-state index contributed by atoms with van der Waals surface area (Å²) in [4.78, 5) is 22.1. The summed E-state index contributed by atoms with van der Waals surface area (Å²) in [5, 5.41) is 0. The lowest BCUT2D eigenvalue weighted by molar-refractivity contribution is 0.0690. The summed E-state index contributed by atoms with van der Waals surface area (Å²) in [7, 11) is 0. The van der Waals surface area contributed by atoms with Crippen LogP contribution in [0.1, 0.15) is 54.4 Å². The molecule has 1 aromatic carbocycles. The zero-order valence-corrected chi connectivity index (χ0v) is 14.0. The average Bonchev–Trinajstić information content (AvgIpc) is 3.08. The Hall–Kier alpha value is -2.10. The molecule has 0 spiro atoms. The van der Waals surface area contributed by atoms with Crippen LogP contribution in [0, 0.1) is 5.92 Å². The van der Waals surface area contributed by atoms with Crippen molar-refractivity contribution in [2.24, 2.45) is 5.92 Å². The van der Waals surface area contributed by atoms with Crippen molar-refractivity contribution in [1.29, 1.82) is 0 Å². The van der Waals surface area contributed by atoms with Gasteiger partial charge in [0.25, 0.3) is 5.91 Å². The van der Waals surface area contributed by atoms with E-state index < -0.39 is 0 Å². The molecule has 122 valence electrons. The van der Waals surface area contributed by atoms with Crippen molar-refractivity contribution in [3.05, 3.63) is 53.6 Å². The first kappa shape index (κ1) is 15.8. The van der Waals surface area contributed by atoms with Crippen LogP contribution in [-0.2, 0) is 6.42 Å². The summed E-state index contributed by atoms with van der Waals surface area (Å²) in [6, 6.07) is 8.07. The van der Waals surface area contributed by atoms with Gasteiger partial charge in [0.1, 0.15) is 5.82 Å². The van der Waals surface area contributed by atoms with E-state index in [1.54, 1.807) is 6.20 Å². The van der Waals surface area contributed by atoms with E-state index in [4.69, 9.17) is 0 Å². The Bertz CT molecular complexity index is 623. The normalized spacial score (nSPS) is 16.0.